The Morgan fingerprint density at radius 3 is 2.42 bits per heavy atom. The minimum absolute atomic E-state index is 0.00110. The Bertz CT molecular complexity index is 1440. The van der Waals surface area contributed by atoms with Crippen molar-refractivity contribution >= 4 is 29.2 Å². The summed E-state index contributed by atoms with van der Waals surface area (Å²) in [4.78, 5) is 48.4. The molecule has 3 aromatic rings. The Morgan fingerprint density at radius 2 is 1.79 bits per heavy atom. The number of esters is 1. The van der Waals surface area contributed by atoms with Crippen LogP contribution in [0.3, 0.4) is 0 Å². The number of aliphatic imine (C=N–C) groups is 1. The van der Waals surface area contributed by atoms with Gasteiger partial charge in [-0.3, -0.25) is 25.0 Å². The van der Waals surface area contributed by atoms with Crippen LogP contribution in [0, 0.1) is 5.92 Å². The van der Waals surface area contributed by atoms with E-state index in [2.05, 4.69) is 15.8 Å². The average molecular weight is 516 g/mol. The minimum atomic E-state index is -0.727. The molecular weight excluding hydrogens is 486 g/mol. The zero-order valence-electron chi connectivity index (χ0n) is 21.4. The van der Waals surface area contributed by atoms with Gasteiger partial charge in [0.25, 0.3) is 5.91 Å². The number of hydrogen-bond donors (Lipinski definition) is 2. The normalized spacial score (nSPS) is 18.1. The number of hydrogen-bond acceptors (Lipinski definition) is 8. The Labute approximate surface area is 219 Å². The minimum Gasteiger partial charge on any atom is -0.497 e. The third-order valence-electron chi connectivity index (χ3n) is 6.77. The molecule has 2 atom stereocenters. The van der Waals surface area contributed by atoms with Crippen LogP contribution in [0.4, 0.5) is 11.6 Å². The molecule has 2 unspecified atom stereocenters. The van der Waals surface area contributed by atoms with E-state index in [1.165, 1.54) is 0 Å². The standard InChI is InChI=1S/C28H29N5O5/c1-4-38-27(35)21-16(2)29-25-23(22(21)17-8-6-5-7-9-17)24(30-28(36)33(25)19-12-13-19)31-32-26(34)18-10-14-20(37-3)15-11-18/h5-11,14-15,19,21-22H,4,12-13H2,1-3H3,(H,32,34)(H,30,31,36). The third kappa shape index (κ3) is 4.77. The van der Waals surface area contributed by atoms with Gasteiger partial charge in [0.05, 0.1) is 13.7 Å². The largest absolute Gasteiger partial charge is 0.497 e. The number of ether oxygens (including phenoxy) is 2. The quantitative estimate of drug-likeness (QED) is 0.346. The maximum Gasteiger partial charge on any atom is 0.351 e. The van der Waals surface area contributed by atoms with Crippen molar-refractivity contribution in [3.8, 4) is 5.75 Å². The fourth-order valence-corrected chi connectivity index (χ4v) is 4.83. The first-order valence-corrected chi connectivity index (χ1v) is 12.6. The summed E-state index contributed by atoms with van der Waals surface area (Å²) in [5.41, 5.74) is 7.37. The lowest BCUT2D eigenvalue weighted by Crippen LogP contribution is -2.38. The molecule has 0 radical (unpaired) electrons. The summed E-state index contributed by atoms with van der Waals surface area (Å²) >= 11 is 0. The van der Waals surface area contributed by atoms with Crippen molar-refractivity contribution < 1.29 is 19.1 Å². The fourth-order valence-electron chi connectivity index (χ4n) is 4.83. The van der Waals surface area contributed by atoms with Gasteiger partial charge < -0.3 is 9.47 Å². The van der Waals surface area contributed by atoms with Gasteiger partial charge in [-0.15, -0.1) is 0 Å². The lowest BCUT2D eigenvalue weighted by molar-refractivity contribution is -0.146. The second-order valence-corrected chi connectivity index (χ2v) is 9.26. The molecule has 1 aliphatic carbocycles. The number of fused-ring (bicyclic) bond motifs is 1. The lowest BCUT2D eigenvalue weighted by atomic mass is 9.76. The van der Waals surface area contributed by atoms with E-state index >= 15 is 0 Å². The van der Waals surface area contributed by atoms with Crippen LogP contribution in [0.1, 0.15) is 60.1 Å². The summed E-state index contributed by atoms with van der Waals surface area (Å²) in [5, 5.41) is 0. The first-order chi connectivity index (χ1) is 18.4. The van der Waals surface area contributed by atoms with Gasteiger partial charge in [-0.1, -0.05) is 30.3 Å². The Kier molecular flexibility index (Phi) is 6.95. The van der Waals surface area contributed by atoms with Crippen molar-refractivity contribution in [3.05, 3.63) is 81.8 Å². The zero-order valence-corrected chi connectivity index (χ0v) is 21.4. The molecule has 38 heavy (non-hydrogen) atoms. The van der Waals surface area contributed by atoms with E-state index in [9.17, 15) is 14.4 Å². The number of benzene rings is 2. The van der Waals surface area contributed by atoms with E-state index in [0.717, 1.165) is 18.4 Å². The van der Waals surface area contributed by atoms with Gasteiger partial charge in [-0.25, -0.2) is 9.79 Å². The number of carbonyl (C=O) groups excluding carboxylic acids is 2. The second-order valence-electron chi connectivity index (χ2n) is 9.26. The number of carbonyl (C=O) groups is 2. The van der Waals surface area contributed by atoms with Crippen molar-refractivity contribution in [1.82, 2.24) is 15.0 Å². The molecule has 0 saturated heterocycles. The first kappa shape index (κ1) is 25.2. The molecule has 0 bridgehead atoms. The van der Waals surface area contributed by atoms with Crippen LogP contribution >= 0.6 is 0 Å². The van der Waals surface area contributed by atoms with E-state index < -0.39 is 29.4 Å². The van der Waals surface area contributed by atoms with Gasteiger partial charge in [-0.2, -0.15) is 4.98 Å². The monoisotopic (exact) mass is 515 g/mol. The summed E-state index contributed by atoms with van der Waals surface area (Å²) in [7, 11) is 1.55. The number of nitrogens with zero attached hydrogens (tertiary/aromatic N) is 3. The number of nitrogens with one attached hydrogen (secondary N) is 2. The lowest BCUT2D eigenvalue weighted by Gasteiger charge is -2.33. The highest BCUT2D eigenvalue weighted by Crippen LogP contribution is 2.48. The second kappa shape index (κ2) is 10.5. The van der Waals surface area contributed by atoms with Gasteiger partial charge in [0.2, 0.25) is 0 Å². The number of anilines is 1. The summed E-state index contributed by atoms with van der Waals surface area (Å²) in [6.45, 7) is 3.76. The molecule has 1 aromatic heterocycles. The number of methoxy groups -OCH3 is 1. The summed E-state index contributed by atoms with van der Waals surface area (Å²) in [6, 6.07) is 16.1. The SMILES string of the molecule is CCOC(=O)C1C(C)=Nc2c(c(NNC(=O)c3ccc(OC)cc3)nc(=O)n2C2CC2)C1c1ccccc1. The maximum atomic E-state index is 13.2. The van der Waals surface area contributed by atoms with E-state index in [4.69, 9.17) is 14.5 Å². The van der Waals surface area contributed by atoms with Crippen LogP contribution in [0.5, 0.6) is 5.75 Å². The molecule has 2 aliphatic rings. The van der Waals surface area contributed by atoms with Crippen molar-refractivity contribution in [2.24, 2.45) is 10.9 Å². The molecule has 1 saturated carbocycles. The molecule has 10 nitrogen and oxygen atoms in total. The topological polar surface area (TPSA) is 124 Å². The fraction of sp³-hybridized carbons (Fsp3) is 0.321. The number of hydrazine groups is 1. The molecule has 2 aromatic carbocycles. The number of amides is 1. The van der Waals surface area contributed by atoms with Crippen LogP contribution in [0.2, 0.25) is 0 Å². The van der Waals surface area contributed by atoms with Gasteiger partial charge in [0.1, 0.15) is 17.5 Å². The highest BCUT2D eigenvalue weighted by Gasteiger charge is 2.43. The molecule has 196 valence electrons. The highest BCUT2D eigenvalue weighted by atomic mass is 16.5. The average Bonchev–Trinajstić information content (AvgIpc) is 3.76. The molecule has 10 heteroatoms. The van der Waals surface area contributed by atoms with Gasteiger partial charge in [0.15, 0.2) is 5.82 Å². The molecule has 2 N–H and O–H groups in total. The van der Waals surface area contributed by atoms with Crippen LogP contribution in [-0.4, -0.2) is 40.9 Å². The van der Waals surface area contributed by atoms with E-state index in [0.29, 0.717) is 28.4 Å². The van der Waals surface area contributed by atoms with Gasteiger partial charge in [-0.05, 0) is 56.5 Å². The highest BCUT2D eigenvalue weighted by molar-refractivity contribution is 6.05. The summed E-state index contributed by atoms with van der Waals surface area (Å²) < 4.78 is 12.2. The van der Waals surface area contributed by atoms with Crippen LogP contribution in [-0.2, 0) is 9.53 Å². The maximum absolute atomic E-state index is 13.2. The Morgan fingerprint density at radius 1 is 1.08 bits per heavy atom. The van der Waals surface area contributed by atoms with E-state index in [-0.39, 0.29) is 18.5 Å². The van der Waals surface area contributed by atoms with Crippen molar-refractivity contribution in [2.45, 2.75) is 38.6 Å². The van der Waals surface area contributed by atoms with Gasteiger partial charge >= 0.3 is 11.7 Å². The van der Waals surface area contributed by atoms with Crippen LogP contribution in [0.15, 0.2) is 64.4 Å². The van der Waals surface area contributed by atoms with E-state index in [1.807, 2.05) is 30.3 Å². The van der Waals surface area contributed by atoms with E-state index in [1.54, 1.807) is 49.8 Å². The third-order valence-corrected chi connectivity index (χ3v) is 6.77. The van der Waals surface area contributed by atoms with Crippen LogP contribution in [0.25, 0.3) is 0 Å². The Balaban J connectivity index is 1.61. The predicted octanol–water partition coefficient (Wildman–Crippen LogP) is 3.76. The van der Waals surface area contributed by atoms with Crippen molar-refractivity contribution in [1.29, 1.82) is 0 Å². The molecule has 0 spiro atoms. The first-order valence-electron chi connectivity index (χ1n) is 12.6. The van der Waals surface area contributed by atoms with Crippen molar-refractivity contribution in [2.75, 3.05) is 19.1 Å². The zero-order chi connectivity index (χ0) is 26.8. The molecule has 5 rings (SSSR count). The van der Waals surface area contributed by atoms with Crippen LogP contribution < -0.4 is 21.3 Å². The number of aromatic nitrogens is 2. The number of rotatable bonds is 8. The molecule has 1 aliphatic heterocycles. The van der Waals surface area contributed by atoms with Gasteiger partial charge in [0, 0.05) is 28.8 Å². The molecule has 2 heterocycles. The molecule has 1 amide bonds. The summed E-state index contributed by atoms with van der Waals surface area (Å²) in [5.74, 6) is -0.897. The predicted molar refractivity (Wildman–Crippen MR) is 142 cm³/mol. The Hall–Kier alpha value is -4.47. The molecular formula is C28H29N5O5. The smallest absolute Gasteiger partial charge is 0.351 e. The summed E-state index contributed by atoms with van der Waals surface area (Å²) in [6.07, 6.45) is 1.70. The van der Waals surface area contributed by atoms with Crippen molar-refractivity contribution in [3.63, 3.8) is 0 Å². The molecule has 1 fully saturated rings.